The summed E-state index contributed by atoms with van der Waals surface area (Å²) in [5, 5.41) is 3.29. The lowest BCUT2D eigenvalue weighted by atomic mass is 9.70. The van der Waals surface area contributed by atoms with E-state index in [0.717, 1.165) is 37.4 Å². The third-order valence-corrected chi connectivity index (χ3v) is 5.87. The summed E-state index contributed by atoms with van der Waals surface area (Å²) in [4.78, 5) is 15.2. The summed E-state index contributed by atoms with van der Waals surface area (Å²) >= 11 is 0. The van der Waals surface area contributed by atoms with Crippen molar-refractivity contribution in [2.45, 2.75) is 44.4 Å². The molecule has 2 saturated heterocycles. The van der Waals surface area contributed by atoms with Gasteiger partial charge in [0.1, 0.15) is 5.75 Å². The number of rotatable bonds is 4. The van der Waals surface area contributed by atoms with Crippen LogP contribution in [0.5, 0.6) is 5.75 Å². The maximum absolute atomic E-state index is 12.7. The van der Waals surface area contributed by atoms with Crippen LogP contribution in [-0.4, -0.2) is 55.8 Å². The molecule has 0 unspecified atom stereocenters. The van der Waals surface area contributed by atoms with Gasteiger partial charge < -0.3 is 14.8 Å². The number of likely N-dealkylation sites (tertiary alicyclic amines) is 1. The SMILES string of the molecule is COc1ccc(C(=O)N[C@@H]2[C@@H]3CCO[C@@H]3[C@H]2N2CCCC2)cc1C. The van der Waals surface area contributed by atoms with Gasteiger partial charge in [-0.1, -0.05) is 0 Å². The quantitative estimate of drug-likeness (QED) is 0.917. The number of nitrogens with one attached hydrogen (secondary N) is 1. The second kappa shape index (κ2) is 6.37. The molecule has 5 heteroatoms. The van der Waals surface area contributed by atoms with E-state index in [1.165, 1.54) is 12.8 Å². The number of amides is 1. The number of carbonyl (C=O) groups excluding carboxylic acids is 1. The molecule has 1 aliphatic carbocycles. The molecular formula is C19H26N2O3. The first-order valence-electron chi connectivity index (χ1n) is 9.00. The number of ether oxygens (including phenoxy) is 2. The van der Waals surface area contributed by atoms with Crippen LogP contribution in [0.25, 0.3) is 0 Å². The van der Waals surface area contributed by atoms with E-state index >= 15 is 0 Å². The van der Waals surface area contributed by atoms with Crippen molar-refractivity contribution in [2.75, 3.05) is 26.8 Å². The third kappa shape index (κ3) is 2.60. The number of hydrogen-bond donors (Lipinski definition) is 1. The van der Waals surface area contributed by atoms with Crippen LogP contribution in [0.3, 0.4) is 0 Å². The molecule has 5 nitrogen and oxygen atoms in total. The van der Waals surface area contributed by atoms with E-state index in [1.54, 1.807) is 7.11 Å². The number of hydrogen-bond acceptors (Lipinski definition) is 4. The smallest absolute Gasteiger partial charge is 0.251 e. The second-order valence-corrected chi connectivity index (χ2v) is 7.21. The third-order valence-electron chi connectivity index (χ3n) is 5.87. The van der Waals surface area contributed by atoms with Gasteiger partial charge in [0.15, 0.2) is 0 Å². The Labute approximate surface area is 143 Å². The van der Waals surface area contributed by atoms with Crippen LogP contribution in [0.1, 0.15) is 35.2 Å². The zero-order chi connectivity index (χ0) is 16.7. The van der Waals surface area contributed by atoms with E-state index in [2.05, 4.69) is 10.2 Å². The average Bonchev–Trinajstić information content (AvgIpc) is 3.23. The predicted octanol–water partition coefficient (Wildman–Crippen LogP) is 1.99. The number of methoxy groups -OCH3 is 1. The van der Waals surface area contributed by atoms with E-state index in [4.69, 9.17) is 9.47 Å². The highest BCUT2D eigenvalue weighted by atomic mass is 16.5. The van der Waals surface area contributed by atoms with Crippen molar-refractivity contribution in [3.8, 4) is 5.75 Å². The molecule has 1 saturated carbocycles. The highest BCUT2D eigenvalue weighted by molar-refractivity contribution is 5.95. The number of aryl methyl sites for hydroxylation is 1. The topological polar surface area (TPSA) is 50.8 Å². The molecular weight excluding hydrogens is 304 g/mol. The highest BCUT2D eigenvalue weighted by Crippen LogP contribution is 2.43. The Kier molecular flexibility index (Phi) is 4.22. The molecule has 0 spiro atoms. The fourth-order valence-electron chi connectivity index (χ4n) is 4.60. The highest BCUT2D eigenvalue weighted by Gasteiger charge is 2.56. The van der Waals surface area contributed by atoms with Crippen molar-refractivity contribution >= 4 is 5.91 Å². The van der Waals surface area contributed by atoms with Crippen LogP contribution in [0, 0.1) is 12.8 Å². The van der Waals surface area contributed by atoms with Crippen molar-refractivity contribution in [3.05, 3.63) is 29.3 Å². The van der Waals surface area contributed by atoms with Crippen LogP contribution in [-0.2, 0) is 4.74 Å². The Hall–Kier alpha value is -1.59. The van der Waals surface area contributed by atoms with E-state index in [0.29, 0.717) is 23.6 Å². The predicted molar refractivity (Wildman–Crippen MR) is 91.4 cm³/mol. The average molecular weight is 330 g/mol. The number of nitrogens with zero attached hydrogens (tertiary/aromatic N) is 1. The van der Waals surface area contributed by atoms with Gasteiger partial charge in [-0.2, -0.15) is 0 Å². The Morgan fingerprint density at radius 1 is 1.33 bits per heavy atom. The lowest BCUT2D eigenvalue weighted by Gasteiger charge is -2.51. The van der Waals surface area contributed by atoms with Gasteiger partial charge in [0, 0.05) is 18.1 Å². The van der Waals surface area contributed by atoms with Gasteiger partial charge in [-0.15, -0.1) is 0 Å². The zero-order valence-corrected chi connectivity index (χ0v) is 14.5. The lowest BCUT2D eigenvalue weighted by molar-refractivity contribution is -0.0747. The molecule has 3 fully saturated rings. The van der Waals surface area contributed by atoms with Crippen molar-refractivity contribution in [3.63, 3.8) is 0 Å². The fourth-order valence-corrected chi connectivity index (χ4v) is 4.60. The minimum atomic E-state index is 0.0142. The van der Waals surface area contributed by atoms with Crippen LogP contribution in [0.15, 0.2) is 18.2 Å². The molecule has 1 N–H and O–H groups in total. The van der Waals surface area contributed by atoms with Gasteiger partial charge >= 0.3 is 0 Å². The van der Waals surface area contributed by atoms with Crippen molar-refractivity contribution in [1.82, 2.24) is 10.2 Å². The van der Waals surface area contributed by atoms with Gasteiger partial charge in [0.25, 0.3) is 5.91 Å². The maximum Gasteiger partial charge on any atom is 0.251 e. The summed E-state index contributed by atoms with van der Waals surface area (Å²) in [5.74, 6) is 1.30. The second-order valence-electron chi connectivity index (χ2n) is 7.21. The van der Waals surface area contributed by atoms with Gasteiger partial charge in [-0.25, -0.2) is 0 Å². The first-order chi connectivity index (χ1) is 11.7. The molecule has 130 valence electrons. The Morgan fingerprint density at radius 2 is 2.12 bits per heavy atom. The van der Waals surface area contributed by atoms with Crippen LogP contribution >= 0.6 is 0 Å². The summed E-state index contributed by atoms with van der Waals surface area (Å²) < 4.78 is 11.2. The minimum absolute atomic E-state index is 0.0142. The Bertz CT molecular complexity index is 622. The molecule has 3 aliphatic rings. The first kappa shape index (κ1) is 15.9. The van der Waals surface area contributed by atoms with Gasteiger partial charge in [-0.05, 0) is 63.0 Å². The first-order valence-corrected chi connectivity index (χ1v) is 9.00. The molecule has 4 rings (SSSR count). The number of fused-ring (bicyclic) bond motifs is 1. The summed E-state index contributed by atoms with van der Waals surface area (Å²) in [6.07, 6.45) is 3.88. The van der Waals surface area contributed by atoms with Gasteiger partial charge in [0.05, 0.1) is 25.3 Å². The largest absolute Gasteiger partial charge is 0.496 e. The van der Waals surface area contributed by atoms with E-state index < -0.39 is 0 Å². The molecule has 2 heterocycles. The van der Waals surface area contributed by atoms with E-state index in [-0.39, 0.29) is 11.9 Å². The molecule has 0 radical (unpaired) electrons. The van der Waals surface area contributed by atoms with Gasteiger partial charge in [0.2, 0.25) is 0 Å². The zero-order valence-electron chi connectivity index (χ0n) is 14.5. The van der Waals surface area contributed by atoms with Gasteiger partial charge in [-0.3, -0.25) is 9.69 Å². The molecule has 0 bridgehead atoms. The summed E-state index contributed by atoms with van der Waals surface area (Å²) in [6, 6.07) is 6.17. The van der Waals surface area contributed by atoms with E-state index in [9.17, 15) is 4.79 Å². The van der Waals surface area contributed by atoms with Crippen molar-refractivity contribution in [2.24, 2.45) is 5.92 Å². The van der Waals surface area contributed by atoms with Crippen molar-refractivity contribution < 1.29 is 14.3 Å². The molecule has 0 aromatic heterocycles. The molecule has 4 atom stereocenters. The molecule has 1 aromatic carbocycles. The number of benzene rings is 1. The molecule has 1 aromatic rings. The van der Waals surface area contributed by atoms with Crippen LogP contribution in [0.2, 0.25) is 0 Å². The van der Waals surface area contributed by atoms with Crippen LogP contribution < -0.4 is 10.1 Å². The van der Waals surface area contributed by atoms with Crippen molar-refractivity contribution in [1.29, 1.82) is 0 Å². The standard InChI is InChI=1S/C19H26N2O3/c1-12-11-13(5-6-15(12)23-2)19(22)20-16-14-7-10-24-18(14)17(16)21-8-3-4-9-21/h5-6,11,14,16-18H,3-4,7-10H2,1-2H3,(H,20,22)/t14-,16+,17-,18-/m0/s1. The Balaban J connectivity index is 1.48. The summed E-state index contributed by atoms with van der Waals surface area (Å²) in [5.41, 5.74) is 1.69. The molecule has 24 heavy (non-hydrogen) atoms. The van der Waals surface area contributed by atoms with E-state index in [1.807, 2.05) is 25.1 Å². The summed E-state index contributed by atoms with van der Waals surface area (Å²) in [6.45, 7) is 5.05. The minimum Gasteiger partial charge on any atom is -0.496 e. The molecule has 1 amide bonds. The lowest BCUT2D eigenvalue weighted by Crippen LogP contribution is -2.70. The van der Waals surface area contributed by atoms with Crippen LogP contribution in [0.4, 0.5) is 0 Å². The maximum atomic E-state index is 12.7. The normalized spacial score (nSPS) is 32.2. The summed E-state index contributed by atoms with van der Waals surface area (Å²) in [7, 11) is 1.65. The molecule has 2 aliphatic heterocycles. The fraction of sp³-hybridized carbons (Fsp3) is 0.632. The monoisotopic (exact) mass is 330 g/mol. The number of carbonyl (C=O) groups is 1. The Morgan fingerprint density at radius 3 is 2.83 bits per heavy atom.